The molecule has 0 unspecified atom stereocenters. The van der Waals surface area contributed by atoms with Gasteiger partial charge >= 0.3 is 5.69 Å². The number of halogens is 1. The Balaban J connectivity index is 0.000000278. The van der Waals surface area contributed by atoms with Crippen molar-refractivity contribution in [2.45, 2.75) is 32.6 Å². The first-order valence-corrected chi connectivity index (χ1v) is 12.4. The number of allylic oxidation sites excluding steroid dienone is 12. The molecule has 8 bridgehead atoms. The summed E-state index contributed by atoms with van der Waals surface area (Å²) in [5.41, 5.74) is 7.00. The van der Waals surface area contributed by atoms with Crippen molar-refractivity contribution in [2.24, 2.45) is 20.0 Å². The Morgan fingerprint density at radius 1 is 0.711 bits per heavy atom. The summed E-state index contributed by atoms with van der Waals surface area (Å²) in [5, 5.41) is 0. The Bertz CT molecular complexity index is 1660. The van der Waals surface area contributed by atoms with Gasteiger partial charge in [-0.15, -0.1) is 0 Å². The van der Waals surface area contributed by atoms with Crippen molar-refractivity contribution in [3.8, 4) is 0 Å². The second-order valence-corrected chi connectivity index (χ2v) is 8.93. The molecular weight excluding hydrogens is 483 g/mol. The van der Waals surface area contributed by atoms with Gasteiger partial charge in [0.05, 0.1) is 45.6 Å². The van der Waals surface area contributed by atoms with Crippen LogP contribution in [0.3, 0.4) is 0 Å². The normalized spacial score (nSPS) is 18.4. The fourth-order valence-electron chi connectivity index (χ4n) is 4.11. The third-order valence-electron chi connectivity index (χ3n) is 5.95. The van der Waals surface area contributed by atoms with Crippen LogP contribution < -0.4 is 11.2 Å². The van der Waals surface area contributed by atoms with E-state index in [1.165, 1.54) is 24.8 Å². The zero-order chi connectivity index (χ0) is 26.5. The number of aliphatic imine (C=N–C) groups is 4. The lowest BCUT2D eigenvalue weighted by atomic mass is 10.0. The van der Waals surface area contributed by atoms with E-state index < -0.39 is 17.1 Å². The van der Waals surface area contributed by atoms with Crippen LogP contribution >= 0.6 is 0 Å². The molecule has 0 radical (unpaired) electrons. The van der Waals surface area contributed by atoms with Gasteiger partial charge in [-0.25, -0.2) is 24.8 Å². The van der Waals surface area contributed by atoms with Crippen LogP contribution in [0.1, 0.15) is 32.6 Å². The van der Waals surface area contributed by atoms with Crippen LogP contribution in [0.15, 0.2) is 131 Å². The van der Waals surface area contributed by atoms with Gasteiger partial charge in [-0.05, 0) is 85.3 Å². The summed E-state index contributed by atoms with van der Waals surface area (Å²) in [6.07, 6.45) is 27.8. The maximum atomic E-state index is 12.0. The molecule has 8 nitrogen and oxygen atoms in total. The number of rotatable bonds is 4. The van der Waals surface area contributed by atoms with Gasteiger partial charge in [0.15, 0.2) is 0 Å². The molecule has 0 saturated carbocycles. The lowest BCUT2D eigenvalue weighted by Gasteiger charge is -2.02. The summed E-state index contributed by atoms with van der Waals surface area (Å²) < 4.78 is 12.0. The second-order valence-electron chi connectivity index (χ2n) is 8.93. The van der Waals surface area contributed by atoms with Gasteiger partial charge in [0.25, 0.3) is 5.56 Å². The van der Waals surface area contributed by atoms with Crippen LogP contribution in [0.5, 0.6) is 0 Å². The first-order chi connectivity index (χ1) is 18.4. The highest BCUT2D eigenvalue weighted by atomic mass is 19.1. The summed E-state index contributed by atoms with van der Waals surface area (Å²) in [6.45, 7) is 2.23. The molecule has 1 aromatic rings. The number of aromatic amines is 2. The predicted octanol–water partition coefficient (Wildman–Crippen LogP) is 4.73. The number of H-pyrrole nitrogens is 2. The monoisotopic (exact) mass is 508 g/mol. The quantitative estimate of drug-likeness (QED) is 0.573. The highest BCUT2D eigenvalue weighted by Gasteiger charge is 2.16. The molecule has 38 heavy (non-hydrogen) atoms. The standard InChI is InChI=1S/C25H22N4.C4H3FN2O2/c1-2-3-4-5-17-12-24-15-22-9-8-20(27-22)13-18-6-7-19(26-18)14-21-10-11-23(28-21)16-25(17)29-24;5-2-1-6-4(9)7-3(2)8/h6-16H,2-5H2,1H3;1H,(H2,6,7,8,9). The van der Waals surface area contributed by atoms with Crippen LogP contribution in [-0.4, -0.2) is 32.8 Å². The molecule has 5 aliphatic rings. The van der Waals surface area contributed by atoms with Gasteiger partial charge < -0.3 is 4.98 Å². The van der Waals surface area contributed by atoms with Crippen LogP contribution in [0.2, 0.25) is 0 Å². The van der Waals surface area contributed by atoms with Crippen LogP contribution in [-0.2, 0) is 0 Å². The lowest BCUT2D eigenvalue weighted by molar-refractivity contribution is 0.597. The van der Waals surface area contributed by atoms with Crippen molar-refractivity contribution in [2.75, 3.05) is 0 Å². The lowest BCUT2D eigenvalue weighted by Crippen LogP contribution is -2.23. The minimum Gasteiger partial charge on any atom is -0.311 e. The van der Waals surface area contributed by atoms with Gasteiger partial charge in [0.1, 0.15) is 0 Å². The zero-order valence-electron chi connectivity index (χ0n) is 20.7. The Labute approximate surface area is 218 Å². The molecule has 0 amide bonds. The van der Waals surface area contributed by atoms with Gasteiger partial charge in [-0.1, -0.05) is 19.8 Å². The maximum absolute atomic E-state index is 12.0. The van der Waals surface area contributed by atoms with E-state index in [4.69, 9.17) is 15.0 Å². The smallest absolute Gasteiger partial charge is 0.311 e. The Hall–Kier alpha value is -4.79. The minimum atomic E-state index is -1.00. The maximum Gasteiger partial charge on any atom is 0.325 e. The van der Waals surface area contributed by atoms with Gasteiger partial charge in [-0.3, -0.25) is 9.78 Å². The topological polar surface area (TPSA) is 115 Å². The van der Waals surface area contributed by atoms with Crippen molar-refractivity contribution >= 4 is 22.8 Å². The van der Waals surface area contributed by atoms with Crippen molar-refractivity contribution < 1.29 is 4.39 Å². The molecule has 190 valence electrons. The fourth-order valence-corrected chi connectivity index (χ4v) is 4.11. The number of nitrogens with zero attached hydrogens (tertiary/aromatic N) is 4. The van der Waals surface area contributed by atoms with Crippen molar-refractivity contribution in [1.82, 2.24) is 9.97 Å². The summed E-state index contributed by atoms with van der Waals surface area (Å²) in [4.78, 5) is 43.0. The number of hydrogen-bond donors (Lipinski definition) is 2. The molecule has 0 fully saturated rings. The molecule has 0 atom stereocenters. The Morgan fingerprint density at radius 2 is 1.29 bits per heavy atom. The van der Waals surface area contributed by atoms with E-state index in [1.54, 1.807) is 4.98 Å². The molecule has 6 rings (SSSR count). The molecule has 6 heterocycles. The molecule has 0 aromatic carbocycles. The van der Waals surface area contributed by atoms with Crippen molar-refractivity contribution in [3.05, 3.63) is 128 Å². The molecule has 0 spiro atoms. The minimum absolute atomic E-state index is 0.707. The Kier molecular flexibility index (Phi) is 7.26. The highest BCUT2D eigenvalue weighted by molar-refractivity contribution is 6.16. The zero-order valence-corrected chi connectivity index (χ0v) is 20.7. The van der Waals surface area contributed by atoms with Gasteiger partial charge in [0.2, 0.25) is 5.82 Å². The molecular formula is C29H25FN6O2. The van der Waals surface area contributed by atoms with E-state index in [0.29, 0.717) is 6.20 Å². The van der Waals surface area contributed by atoms with E-state index in [0.717, 1.165) is 52.1 Å². The van der Waals surface area contributed by atoms with Crippen LogP contribution in [0.4, 0.5) is 4.39 Å². The summed E-state index contributed by atoms with van der Waals surface area (Å²) in [5.74, 6) is -0.991. The average molecular weight is 509 g/mol. The van der Waals surface area contributed by atoms with E-state index in [9.17, 15) is 14.0 Å². The molecule has 5 aliphatic heterocycles. The average Bonchev–Trinajstić information content (AvgIpc) is 3.68. The van der Waals surface area contributed by atoms with Crippen LogP contribution in [0, 0.1) is 5.82 Å². The van der Waals surface area contributed by atoms with Crippen LogP contribution in [0.25, 0.3) is 0 Å². The first-order valence-electron chi connectivity index (χ1n) is 12.4. The Morgan fingerprint density at radius 3 is 1.84 bits per heavy atom. The van der Waals surface area contributed by atoms with Crippen molar-refractivity contribution in [3.63, 3.8) is 0 Å². The second kappa shape index (κ2) is 11.1. The van der Waals surface area contributed by atoms with Gasteiger partial charge in [0, 0.05) is 6.20 Å². The molecule has 0 aliphatic carbocycles. The SMILES string of the molecule is CCCCCC1=CC2=CC3=NC(=CC4=NC(=CC5=NC(=CC1=N2)C=C5)C=C4)C=C3.O=c1[nH]cc(F)c(=O)[nH]1. The predicted molar refractivity (Wildman–Crippen MR) is 149 cm³/mol. The summed E-state index contributed by atoms with van der Waals surface area (Å²) in [7, 11) is 0. The van der Waals surface area contributed by atoms with Gasteiger partial charge in [-0.2, -0.15) is 4.39 Å². The number of hydrogen-bond acceptors (Lipinski definition) is 6. The number of nitrogens with one attached hydrogen (secondary N) is 2. The largest absolute Gasteiger partial charge is 0.325 e. The third kappa shape index (κ3) is 6.12. The molecule has 9 heteroatoms. The molecule has 2 N–H and O–H groups in total. The number of fused-ring (bicyclic) bond motifs is 4. The van der Waals surface area contributed by atoms with E-state index in [2.05, 4.69) is 24.1 Å². The third-order valence-corrected chi connectivity index (χ3v) is 5.95. The number of unbranched alkanes of at least 4 members (excludes halogenated alkanes) is 2. The highest BCUT2D eigenvalue weighted by Crippen LogP contribution is 2.26. The van der Waals surface area contributed by atoms with Crippen molar-refractivity contribution in [1.29, 1.82) is 0 Å². The number of aromatic nitrogens is 2. The van der Waals surface area contributed by atoms with E-state index in [1.807, 2.05) is 59.7 Å². The molecule has 1 aromatic heterocycles. The fraction of sp³-hybridized carbons (Fsp3) is 0.172. The first kappa shape index (κ1) is 24.9. The van der Waals surface area contributed by atoms with E-state index >= 15 is 0 Å². The van der Waals surface area contributed by atoms with E-state index in [-0.39, 0.29) is 0 Å². The summed E-state index contributed by atoms with van der Waals surface area (Å²) in [6, 6.07) is 0. The molecule has 0 saturated heterocycles. The summed E-state index contributed by atoms with van der Waals surface area (Å²) >= 11 is 0.